The van der Waals surface area contributed by atoms with Crippen molar-refractivity contribution in [2.45, 2.75) is 58.4 Å². The van der Waals surface area contributed by atoms with Gasteiger partial charge in [-0.25, -0.2) is 0 Å². The van der Waals surface area contributed by atoms with Crippen LogP contribution in [0, 0.1) is 35.5 Å². The molecule has 2 heterocycles. The van der Waals surface area contributed by atoms with Gasteiger partial charge in [0.25, 0.3) is 0 Å². The van der Waals surface area contributed by atoms with Crippen molar-refractivity contribution in [2.24, 2.45) is 0 Å². The van der Waals surface area contributed by atoms with Gasteiger partial charge in [-0.3, -0.25) is 0 Å². The summed E-state index contributed by atoms with van der Waals surface area (Å²) >= 11 is 0. The number of nitrogens with one attached hydrogen (secondary N) is 1. The van der Waals surface area contributed by atoms with E-state index in [1.165, 1.54) is 0 Å². The third-order valence-electron chi connectivity index (χ3n) is 3.47. The van der Waals surface area contributed by atoms with Gasteiger partial charge in [-0.1, -0.05) is 11.8 Å². The lowest BCUT2D eigenvalue weighted by Gasteiger charge is -2.18. The van der Waals surface area contributed by atoms with Gasteiger partial charge in [0.05, 0.1) is 18.9 Å². The van der Waals surface area contributed by atoms with Crippen molar-refractivity contribution in [1.29, 1.82) is 0 Å². The first-order valence-corrected chi connectivity index (χ1v) is 8.40. The zero-order chi connectivity index (χ0) is 18.3. The molecule has 2 fully saturated rings. The molecule has 25 heavy (non-hydrogen) atoms. The van der Waals surface area contributed by atoms with E-state index in [0.717, 1.165) is 12.2 Å². The Hall–Kier alpha value is -1.94. The average molecular weight is 343 g/mol. The molecule has 0 radical (unpaired) electrons. The van der Waals surface area contributed by atoms with Crippen molar-refractivity contribution in [2.75, 3.05) is 19.8 Å². The van der Waals surface area contributed by atoms with Crippen molar-refractivity contribution in [3.63, 3.8) is 0 Å². The van der Waals surface area contributed by atoms with Crippen LogP contribution in [0.5, 0.6) is 0 Å². The first kappa shape index (κ1) is 19.4. The molecule has 2 saturated heterocycles. The largest absolute Gasteiger partial charge is 0.386 e. The van der Waals surface area contributed by atoms with Gasteiger partial charge in [0.2, 0.25) is 0 Å². The minimum absolute atomic E-state index is 0.139. The number of rotatable bonds is 3. The molecule has 0 aromatic rings. The number of allylic oxidation sites excluding steroid dienone is 1. The Labute approximate surface area is 150 Å². The molecule has 0 unspecified atom stereocenters. The summed E-state index contributed by atoms with van der Waals surface area (Å²) in [7, 11) is 0. The van der Waals surface area contributed by atoms with E-state index < -0.39 is 11.6 Å². The average Bonchev–Trinajstić information content (AvgIpc) is 3.06. The maximum Gasteiger partial charge on any atom is 0.164 e. The van der Waals surface area contributed by atoms with E-state index in [1.54, 1.807) is 6.08 Å². The lowest BCUT2D eigenvalue weighted by atomic mass is 10.2. The van der Waals surface area contributed by atoms with E-state index in [-0.39, 0.29) is 12.2 Å². The number of hydrogen-bond donors (Lipinski definition) is 1. The summed E-state index contributed by atoms with van der Waals surface area (Å²) < 4.78 is 22.4. The maximum atomic E-state index is 5.83. The van der Waals surface area contributed by atoms with Crippen LogP contribution >= 0.6 is 0 Å². The SMILES string of the molecule is CCN/C(=C\C#CC#CC#C[C@@H]1COC(C)(C)O1)[C@@H]1COC(C)(C)O1. The summed E-state index contributed by atoms with van der Waals surface area (Å²) in [5.41, 5.74) is 0.896. The molecule has 0 bridgehead atoms. The molecule has 134 valence electrons. The van der Waals surface area contributed by atoms with Crippen LogP contribution in [0.25, 0.3) is 0 Å². The Bertz CT molecular complexity index is 688. The Balaban J connectivity index is 1.91. The molecule has 0 amide bonds. The zero-order valence-electron chi connectivity index (χ0n) is 15.5. The van der Waals surface area contributed by atoms with Crippen LogP contribution in [0.3, 0.4) is 0 Å². The Morgan fingerprint density at radius 3 is 2.28 bits per heavy atom. The quantitative estimate of drug-likeness (QED) is 0.792. The van der Waals surface area contributed by atoms with Crippen LogP contribution in [-0.4, -0.2) is 43.5 Å². The normalized spacial score (nSPS) is 26.5. The van der Waals surface area contributed by atoms with Crippen molar-refractivity contribution < 1.29 is 18.9 Å². The second kappa shape index (κ2) is 8.43. The van der Waals surface area contributed by atoms with Gasteiger partial charge in [0, 0.05) is 12.6 Å². The van der Waals surface area contributed by atoms with Crippen LogP contribution in [0.1, 0.15) is 34.6 Å². The van der Waals surface area contributed by atoms with E-state index >= 15 is 0 Å². The zero-order valence-corrected chi connectivity index (χ0v) is 15.5. The lowest BCUT2D eigenvalue weighted by Crippen LogP contribution is -2.28. The molecular weight excluding hydrogens is 318 g/mol. The molecule has 2 aliphatic rings. The molecular formula is C20H25NO4. The lowest BCUT2D eigenvalue weighted by molar-refractivity contribution is -0.134. The van der Waals surface area contributed by atoms with Gasteiger partial charge in [0.15, 0.2) is 11.6 Å². The van der Waals surface area contributed by atoms with Crippen molar-refractivity contribution >= 4 is 0 Å². The van der Waals surface area contributed by atoms with Crippen molar-refractivity contribution in [1.82, 2.24) is 5.32 Å². The van der Waals surface area contributed by atoms with Crippen LogP contribution < -0.4 is 5.32 Å². The molecule has 0 aromatic heterocycles. The van der Waals surface area contributed by atoms with Gasteiger partial charge in [-0.05, 0) is 58.3 Å². The molecule has 2 aliphatic heterocycles. The summed E-state index contributed by atoms with van der Waals surface area (Å²) in [5, 5.41) is 3.26. The van der Waals surface area contributed by atoms with E-state index in [0.29, 0.717) is 13.2 Å². The molecule has 2 atom stereocenters. The van der Waals surface area contributed by atoms with E-state index in [4.69, 9.17) is 18.9 Å². The summed E-state index contributed by atoms with van der Waals surface area (Å²) in [5.74, 6) is 15.6. The fourth-order valence-corrected chi connectivity index (χ4v) is 2.39. The number of hydrogen-bond acceptors (Lipinski definition) is 5. The van der Waals surface area contributed by atoms with Crippen LogP contribution in [-0.2, 0) is 18.9 Å². The molecule has 5 heteroatoms. The van der Waals surface area contributed by atoms with Crippen molar-refractivity contribution in [3.05, 3.63) is 11.8 Å². The predicted molar refractivity (Wildman–Crippen MR) is 94.9 cm³/mol. The van der Waals surface area contributed by atoms with Gasteiger partial charge in [-0.15, -0.1) is 0 Å². The summed E-state index contributed by atoms with van der Waals surface area (Å²) in [6.07, 6.45) is 1.40. The first-order valence-electron chi connectivity index (χ1n) is 8.40. The van der Waals surface area contributed by atoms with Crippen LogP contribution in [0.4, 0.5) is 0 Å². The van der Waals surface area contributed by atoms with Gasteiger partial charge in [-0.2, -0.15) is 0 Å². The highest BCUT2D eigenvalue weighted by Gasteiger charge is 2.34. The fourth-order valence-electron chi connectivity index (χ4n) is 2.39. The van der Waals surface area contributed by atoms with Gasteiger partial charge >= 0.3 is 0 Å². The molecule has 0 saturated carbocycles. The van der Waals surface area contributed by atoms with Crippen LogP contribution in [0.15, 0.2) is 11.8 Å². The highest BCUT2D eigenvalue weighted by atomic mass is 16.7. The van der Waals surface area contributed by atoms with Crippen molar-refractivity contribution in [3.8, 4) is 35.5 Å². The second-order valence-electron chi connectivity index (χ2n) is 6.55. The molecule has 2 rings (SSSR count). The first-order chi connectivity index (χ1) is 11.8. The molecule has 5 nitrogen and oxygen atoms in total. The fraction of sp³-hybridized carbons (Fsp3) is 0.600. The third-order valence-corrected chi connectivity index (χ3v) is 3.47. The highest BCUT2D eigenvalue weighted by molar-refractivity contribution is 5.39. The van der Waals surface area contributed by atoms with Gasteiger partial charge < -0.3 is 24.3 Å². The number of ether oxygens (including phenoxy) is 4. The minimum Gasteiger partial charge on any atom is -0.386 e. The molecule has 0 aliphatic carbocycles. The molecule has 0 spiro atoms. The van der Waals surface area contributed by atoms with E-state index in [2.05, 4.69) is 40.8 Å². The Morgan fingerprint density at radius 1 is 1.00 bits per heavy atom. The standard InChI is InChI=1S/C20H25NO4/c1-6-21-17(18-15-23-20(4,5)25-18)13-11-9-7-8-10-12-16-14-22-19(2,3)24-16/h13,16,18,21H,6,14-15H2,1-5H3/b17-13-/t16-,18+/m1/s1. The Morgan fingerprint density at radius 2 is 1.68 bits per heavy atom. The second-order valence-corrected chi connectivity index (χ2v) is 6.55. The summed E-state index contributed by atoms with van der Waals surface area (Å²) in [6, 6.07) is 0. The van der Waals surface area contributed by atoms with E-state index in [1.807, 2.05) is 34.6 Å². The molecule has 0 aromatic carbocycles. The predicted octanol–water partition coefficient (Wildman–Crippen LogP) is 1.79. The monoisotopic (exact) mass is 343 g/mol. The Kier molecular flexibility index (Phi) is 6.54. The topological polar surface area (TPSA) is 49.0 Å². The van der Waals surface area contributed by atoms with Crippen LogP contribution in [0.2, 0.25) is 0 Å². The van der Waals surface area contributed by atoms with Gasteiger partial charge in [0.1, 0.15) is 12.2 Å². The minimum atomic E-state index is -0.569. The molecule has 1 N–H and O–H groups in total. The summed E-state index contributed by atoms with van der Waals surface area (Å²) in [6.45, 7) is 11.3. The third kappa shape index (κ3) is 6.46. The highest BCUT2D eigenvalue weighted by Crippen LogP contribution is 2.25. The summed E-state index contributed by atoms with van der Waals surface area (Å²) in [4.78, 5) is 0. The smallest absolute Gasteiger partial charge is 0.164 e. The number of likely N-dealkylation sites (N-methyl/N-ethyl adjacent to an activating group) is 1. The maximum absolute atomic E-state index is 5.83. The van der Waals surface area contributed by atoms with E-state index in [9.17, 15) is 0 Å².